The van der Waals surface area contributed by atoms with Gasteiger partial charge in [-0.2, -0.15) is 0 Å². The lowest BCUT2D eigenvalue weighted by molar-refractivity contribution is -0.132. The monoisotopic (exact) mass is 261 g/mol. The largest absolute Gasteiger partial charge is 0.340 e. The molecule has 1 amide bonds. The molecule has 1 aromatic heterocycles. The molecule has 2 N–H and O–H groups in total. The summed E-state index contributed by atoms with van der Waals surface area (Å²) in [4.78, 5) is 18.2. The Kier molecular flexibility index (Phi) is 4.53. The molecule has 1 saturated carbocycles. The molecule has 0 radical (unpaired) electrons. The minimum absolute atomic E-state index is 0.120. The van der Waals surface area contributed by atoms with Gasteiger partial charge in [0.15, 0.2) is 0 Å². The lowest BCUT2D eigenvalue weighted by Crippen LogP contribution is -2.46. The van der Waals surface area contributed by atoms with E-state index in [0.29, 0.717) is 13.0 Å². The molecular weight excluding hydrogens is 238 g/mol. The maximum atomic E-state index is 12.2. The molecule has 1 heterocycles. The topological polar surface area (TPSA) is 59.2 Å². The molecule has 1 aliphatic rings. The highest BCUT2D eigenvalue weighted by molar-refractivity contribution is 5.77. The van der Waals surface area contributed by atoms with Gasteiger partial charge in [0.2, 0.25) is 5.91 Å². The van der Waals surface area contributed by atoms with Crippen molar-refractivity contribution >= 4 is 5.91 Å². The molecule has 4 heteroatoms. The highest BCUT2D eigenvalue weighted by Gasteiger charge is 2.31. The number of aromatic nitrogens is 1. The van der Waals surface area contributed by atoms with E-state index in [-0.39, 0.29) is 11.4 Å². The molecule has 0 unspecified atom stereocenters. The van der Waals surface area contributed by atoms with Crippen LogP contribution in [0.3, 0.4) is 0 Å². The van der Waals surface area contributed by atoms with Gasteiger partial charge in [-0.1, -0.05) is 25.3 Å². The molecular formula is C15H23N3O. The van der Waals surface area contributed by atoms with Crippen LogP contribution in [0.15, 0.2) is 24.4 Å². The summed E-state index contributed by atoms with van der Waals surface area (Å²) in [6, 6.07) is 5.75. The van der Waals surface area contributed by atoms with Crippen LogP contribution in [-0.4, -0.2) is 28.4 Å². The van der Waals surface area contributed by atoms with Gasteiger partial charge < -0.3 is 10.6 Å². The Labute approximate surface area is 115 Å². The number of nitrogens with two attached hydrogens (primary N) is 1. The van der Waals surface area contributed by atoms with Gasteiger partial charge in [0.1, 0.15) is 0 Å². The number of amides is 1. The molecule has 0 spiro atoms. The summed E-state index contributed by atoms with van der Waals surface area (Å²) < 4.78 is 0. The van der Waals surface area contributed by atoms with Crippen LogP contribution in [0.25, 0.3) is 0 Å². The van der Waals surface area contributed by atoms with Crippen LogP contribution in [0, 0.1) is 0 Å². The Hall–Kier alpha value is -1.42. The van der Waals surface area contributed by atoms with Crippen LogP contribution in [0.4, 0.5) is 0 Å². The summed E-state index contributed by atoms with van der Waals surface area (Å²) in [7, 11) is 1.82. The minimum atomic E-state index is -0.284. The Bertz CT molecular complexity index is 413. The number of carbonyl (C=O) groups excluding carboxylic acids is 1. The SMILES string of the molecule is CN(Cc1ccccn1)C(=O)CC1(N)CCCCC1. The third kappa shape index (κ3) is 4.03. The first-order valence-corrected chi connectivity index (χ1v) is 7.02. The van der Waals surface area contributed by atoms with Crippen LogP contribution in [0.2, 0.25) is 0 Å². The van der Waals surface area contributed by atoms with Crippen molar-refractivity contribution in [1.82, 2.24) is 9.88 Å². The van der Waals surface area contributed by atoms with Crippen molar-refractivity contribution in [2.75, 3.05) is 7.05 Å². The average molecular weight is 261 g/mol. The van der Waals surface area contributed by atoms with E-state index in [1.807, 2.05) is 25.2 Å². The summed E-state index contributed by atoms with van der Waals surface area (Å²) in [5.41, 5.74) is 6.95. The number of pyridine rings is 1. The molecule has 1 aliphatic carbocycles. The molecule has 19 heavy (non-hydrogen) atoms. The summed E-state index contributed by atoms with van der Waals surface area (Å²) >= 11 is 0. The van der Waals surface area contributed by atoms with Gasteiger partial charge in [0.25, 0.3) is 0 Å². The third-order valence-corrected chi connectivity index (χ3v) is 3.90. The second kappa shape index (κ2) is 6.15. The first-order valence-electron chi connectivity index (χ1n) is 7.02. The number of rotatable bonds is 4. The van der Waals surface area contributed by atoms with E-state index in [9.17, 15) is 4.79 Å². The van der Waals surface area contributed by atoms with Crippen LogP contribution >= 0.6 is 0 Å². The lowest BCUT2D eigenvalue weighted by atomic mass is 9.80. The van der Waals surface area contributed by atoms with E-state index in [4.69, 9.17) is 5.73 Å². The zero-order valence-electron chi connectivity index (χ0n) is 11.6. The maximum absolute atomic E-state index is 12.2. The number of hydrogen-bond acceptors (Lipinski definition) is 3. The van der Waals surface area contributed by atoms with Gasteiger partial charge in [-0.05, 0) is 25.0 Å². The zero-order chi connectivity index (χ0) is 13.7. The molecule has 0 bridgehead atoms. The van der Waals surface area contributed by atoms with Crippen molar-refractivity contribution in [3.05, 3.63) is 30.1 Å². The van der Waals surface area contributed by atoms with Crippen molar-refractivity contribution < 1.29 is 4.79 Å². The fourth-order valence-corrected chi connectivity index (χ4v) is 2.69. The van der Waals surface area contributed by atoms with E-state index in [2.05, 4.69) is 4.98 Å². The fraction of sp³-hybridized carbons (Fsp3) is 0.600. The fourth-order valence-electron chi connectivity index (χ4n) is 2.69. The molecule has 1 aromatic rings. The molecule has 2 rings (SSSR count). The molecule has 0 atom stereocenters. The summed E-state index contributed by atoms with van der Waals surface area (Å²) in [6.07, 6.45) is 7.68. The van der Waals surface area contributed by atoms with Crippen molar-refractivity contribution in [2.45, 2.75) is 50.6 Å². The number of hydrogen-bond donors (Lipinski definition) is 1. The quantitative estimate of drug-likeness (QED) is 0.903. The standard InChI is InChI=1S/C15H23N3O/c1-18(12-13-7-3-6-10-17-13)14(19)11-15(16)8-4-2-5-9-15/h3,6-7,10H,2,4-5,8-9,11-12,16H2,1H3. The van der Waals surface area contributed by atoms with Gasteiger partial charge in [-0.25, -0.2) is 0 Å². The normalized spacial score (nSPS) is 18.0. The summed E-state index contributed by atoms with van der Waals surface area (Å²) in [5.74, 6) is 0.120. The molecule has 1 fully saturated rings. The maximum Gasteiger partial charge on any atom is 0.224 e. The summed E-state index contributed by atoms with van der Waals surface area (Å²) in [5, 5.41) is 0. The highest BCUT2D eigenvalue weighted by atomic mass is 16.2. The van der Waals surface area contributed by atoms with Crippen molar-refractivity contribution in [3.63, 3.8) is 0 Å². The Morgan fingerprint density at radius 2 is 2.11 bits per heavy atom. The second-order valence-corrected chi connectivity index (χ2v) is 5.67. The highest BCUT2D eigenvalue weighted by Crippen LogP contribution is 2.29. The van der Waals surface area contributed by atoms with E-state index in [1.165, 1.54) is 6.42 Å². The van der Waals surface area contributed by atoms with Crippen LogP contribution in [0.5, 0.6) is 0 Å². The minimum Gasteiger partial charge on any atom is -0.340 e. The predicted molar refractivity (Wildman–Crippen MR) is 75.3 cm³/mol. The Balaban J connectivity index is 1.88. The van der Waals surface area contributed by atoms with Crippen LogP contribution < -0.4 is 5.73 Å². The van der Waals surface area contributed by atoms with E-state index < -0.39 is 0 Å². The Morgan fingerprint density at radius 3 is 2.74 bits per heavy atom. The molecule has 0 aliphatic heterocycles. The van der Waals surface area contributed by atoms with Crippen molar-refractivity contribution in [3.8, 4) is 0 Å². The zero-order valence-corrected chi connectivity index (χ0v) is 11.6. The smallest absolute Gasteiger partial charge is 0.224 e. The van der Waals surface area contributed by atoms with E-state index >= 15 is 0 Å². The number of carbonyl (C=O) groups is 1. The first-order chi connectivity index (χ1) is 9.09. The first kappa shape index (κ1) is 14.0. The van der Waals surface area contributed by atoms with Crippen molar-refractivity contribution in [2.24, 2.45) is 5.73 Å². The van der Waals surface area contributed by atoms with E-state index in [1.54, 1.807) is 11.1 Å². The van der Waals surface area contributed by atoms with Gasteiger partial charge in [-0.15, -0.1) is 0 Å². The van der Waals surface area contributed by atoms with Gasteiger partial charge in [-0.3, -0.25) is 9.78 Å². The molecule has 0 aromatic carbocycles. The average Bonchev–Trinajstić information content (AvgIpc) is 2.40. The molecule has 104 valence electrons. The third-order valence-electron chi connectivity index (χ3n) is 3.90. The van der Waals surface area contributed by atoms with Gasteiger partial charge in [0, 0.05) is 25.2 Å². The number of nitrogens with zero attached hydrogens (tertiary/aromatic N) is 2. The molecule has 4 nitrogen and oxygen atoms in total. The predicted octanol–water partition coefficient (Wildman–Crippen LogP) is 2.09. The van der Waals surface area contributed by atoms with Crippen LogP contribution in [-0.2, 0) is 11.3 Å². The summed E-state index contributed by atoms with van der Waals surface area (Å²) in [6.45, 7) is 0.551. The van der Waals surface area contributed by atoms with E-state index in [0.717, 1.165) is 31.4 Å². The van der Waals surface area contributed by atoms with Gasteiger partial charge in [0.05, 0.1) is 12.2 Å². The lowest BCUT2D eigenvalue weighted by Gasteiger charge is -2.34. The van der Waals surface area contributed by atoms with Crippen LogP contribution in [0.1, 0.15) is 44.2 Å². The molecule has 0 saturated heterocycles. The van der Waals surface area contributed by atoms with Gasteiger partial charge >= 0.3 is 0 Å². The Morgan fingerprint density at radius 1 is 1.37 bits per heavy atom. The van der Waals surface area contributed by atoms with Crippen molar-refractivity contribution in [1.29, 1.82) is 0 Å². The second-order valence-electron chi connectivity index (χ2n) is 5.67.